The first-order valence-corrected chi connectivity index (χ1v) is 9.70. The van der Waals surface area contributed by atoms with E-state index in [9.17, 15) is 4.79 Å². The Morgan fingerprint density at radius 1 is 1.07 bits per heavy atom. The van der Waals surface area contributed by atoms with Gasteiger partial charge in [0, 0.05) is 44.7 Å². The van der Waals surface area contributed by atoms with Gasteiger partial charge in [-0.2, -0.15) is 0 Å². The van der Waals surface area contributed by atoms with Gasteiger partial charge < -0.3 is 19.9 Å². The molecule has 0 bridgehead atoms. The molecule has 0 spiro atoms. The molecule has 2 aromatic rings. The molecule has 5 nitrogen and oxygen atoms in total. The number of methoxy groups -OCH3 is 1. The first-order chi connectivity index (χ1) is 13.2. The number of nitrogens with zero attached hydrogens (tertiary/aromatic N) is 2. The highest BCUT2D eigenvalue weighted by Gasteiger charge is 2.32. The van der Waals surface area contributed by atoms with Gasteiger partial charge in [0.2, 0.25) is 0 Å². The summed E-state index contributed by atoms with van der Waals surface area (Å²) in [6.45, 7) is 7.56. The van der Waals surface area contributed by atoms with Crippen molar-refractivity contribution in [2.24, 2.45) is 0 Å². The second-order valence-corrected chi connectivity index (χ2v) is 6.70. The number of fused-ring (bicyclic) bond motifs is 1. The molecule has 0 saturated heterocycles. The summed E-state index contributed by atoms with van der Waals surface area (Å²) >= 11 is 0. The summed E-state index contributed by atoms with van der Waals surface area (Å²) in [6.07, 6.45) is 0.634. The van der Waals surface area contributed by atoms with Crippen LogP contribution in [0.2, 0.25) is 0 Å². The highest BCUT2D eigenvalue weighted by molar-refractivity contribution is 6.01. The van der Waals surface area contributed by atoms with Crippen molar-refractivity contribution in [3.05, 3.63) is 59.7 Å². The monoisotopic (exact) mass is 367 g/mol. The van der Waals surface area contributed by atoms with Crippen molar-refractivity contribution in [3.63, 3.8) is 0 Å². The minimum Gasteiger partial charge on any atom is -0.385 e. The molecular weight excluding hydrogens is 338 g/mol. The van der Waals surface area contributed by atoms with E-state index in [2.05, 4.69) is 48.3 Å². The summed E-state index contributed by atoms with van der Waals surface area (Å²) in [5, 5.41) is 3.55. The SMILES string of the molecule is CCN(CC)c1ccc(C2Nc3ccccc3C(=O)N2CCCOC)cc1. The third-order valence-electron chi connectivity index (χ3n) is 5.11. The fourth-order valence-electron chi connectivity index (χ4n) is 3.62. The fourth-order valence-corrected chi connectivity index (χ4v) is 3.62. The Morgan fingerprint density at radius 2 is 1.78 bits per heavy atom. The summed E-state index contributed by atoms with van der Waals surface area (Å²) in [5.74, 6) is 0.0678. The van der Waals surface area contributed by atoms with Crippen LogP contribution in [0.4, 0.5) is 11.4 Å². The van der Waals surface area contributed by atoms with E-state index in [-0.39, 0.29) is 12.1 Å². The van der Waals surface area contributed by atoms with E-state index < -0.39 is 0 Å². The molecule has 0 aromatic heterocycles. The molecule has 0 saturated carbocycles. The smallest absolute Gasteiger partial charge is 0.257 e. The van der Waals surface area contributed by atoms with Crippen molar-refractivity contribution in [1.82, 2.24) is 4.90 Å². The molecule has 0 radical (unpaired) electrons. The van der Waals surface area contributed by atoms with E-state index in [1.165, 1.54) is 5.69 Å². The Hall–Kier alpha value is -2.53. The number of rotatable bonds is 8. The molecule has 1 aliphatic heterocycles. The number of carbonyl (C=O) groups is 1. The van der Waals surface area contributed by atoms with Gasteiger partial charge in [0.25, 0.3) is 5.91 Å². The normalized spacial score (nSPS) is 16.0. The van der Waals surface area contributed by atoms with Crippen molar-refractivity contribution < 1.29 is 9.53 Å². The molecule has 1 aliphatic rings. The zero-order valence-electron chi connectivity index (χ0n) is 16.4. The van der Waals surface area contributed by atoms with Gasteiger partial charge in [-0.1, -0.05) is 24.3 Å². The van der Waals surface area contributed by atoms with Crippen LogP contribution >= 0.6 is 0 Å². The third-order valence-corrected chi connectivity index (χ3v) is 5.11. The number of hydrogen-bond acceptors (Lipinski definition) is 4. The molecule has 144 valence electrons. The number of anilines is 2. The lowest BCUT2D eigenvalue weighted by Crippen LogP contribution is -2.43. The van der Waals surface area contributed by atoms with Crippen LogP contribution in [0.1, 0.15) is 42.4 Å². The molecule has 1 unspecified atom stereocenters. The maximum absolute atomic E-state index is 13.1. The largest absolute Gasteiger partial charge is 0.385 e. The Bertz CT molecular complexity index is 756. The fraction of sp³-hybridized carbons (Fsp3) is 0.409. The highest BCUT2D eigenvalue weighted by atomic mass is 16.5. The van der Waals surface area contributed by atoms with Crippen molar-refractivity contribution in [2.75, 3.05) is 43.6 Å². The van der Waals surface area contributed by atoms with Crippen LogP contribution in [0.15, 0.2) is 48.5 Å². The standard InChI is InChI=1S/C22H29N3O2/c1-4-24(5-2)18-13-11-17(12-14-18)21-23-20-10-7-6-9-19(20)22(26)25(21)15-8-16-27-3/h6-7,9-14,21,23H,4-5,8,15-16H2,1-3H3. The maximum Gasteiger partial charge on any atom is 0.257 e. The number of carbonyl (C=O) groups excluding carboxylic acids is 1. The average molecular weight is 367 g/mol. The number of para-hydroxylation sites is 1. The van der Waals surface area contributed by atoms with Crippen LogP contribution in [0.3, 0.4) is 0 Å². The van der Waals surface area contributed by atoms with Crippen LogP contribution in [-0.2, 0) is 4.74 Å². The van der Waals surface area contributed by atoms with Gasteiger partial charge in [-0.25, -0.2) is 0 Å². The van der Waals surface area contributed by atoms with Gasteiger partial charge in [-0.05, 0) is 50.1 Å². The average Bonchev–Trinajstić information content (AvgIpc) is 2.71. The van der Waals surface area contributed by atoms with E-state index in [4.69, 9.17) is 4.74 Å². The number of hydrogen-bond donors (Lipinski definition) is 1. The number of amides is 1. The van der Waals surface area contributed by atoms with Crippen LogP contribution in [0.5, 0.6) is 0 Å². The molecule has 2 aromatic carbocycles. The summed E-state index contributed by atoms with van der Waals surface area (Å²) in [5.41, 5.74) is 3.91. The molecule has 0 fully saturated rings. The molecule has 1 amide bonds. The molecule has 3 rings (SSSR count). The molecule has 1 N–H and O–H groups in total. The summed E-state index contributed by atoms with van der Waals surface area (Å²) < 4.78 is 5.18. The second-order valence-electron chi connectivity index (χ2n) is 6.70. The first kappa shape index (κ1) is 19.2. The van der Waals surface area contributed by atoms with Gasteiger partial charge in [-0.3, -0.25) is 4.79 Å². The highest BCUT2D eigenvalue weighted by Crippen LogP contribution is 2.33. The number of nitrogens with one attached hydrogen (secondary N) is 1. The van der Waals surface area contributed by atoms with E-state index in [1.807, 2.05) is 29.2 Å². The van der Waals surface area contributed by atoms with Crippen LogP contribution < -0.4 is 10.2 Å². The van der Waals surface area contributed by atoms with Crippen molar-refractivity contribution >= 4 is 17.3 Å². The van der Waals surface area contributed by atoms with Gasteiger partial charge in [0.1, 0.15) is 6.17 Å². The summed E-state index contributed by atoms with van der Waals surface area (Å²) in [7, 11) is 1.69. The molecule has 1 atom stereocenters. The van der Waals surface area contributed by atoms with Crippen LogP contribution in [-0.4, -0.2) is 44.2 Å². The molecule has 0 aliphatic carbocycles. The van der Waals surface area contributed by atoms with Gasteiger partial charge in [-0.15, -0.1) is 0 Å². The van der Waals surface area contributed by atoms with E-state index in [1.54, 1.807) is 7.11 Å². The van der Waals surface area contributed by atoms with Crippen molar-refractivity contribution in [3.8, 4) is 0 Å². The molecule has 5 heteroatoms. The Balaban J connectivity index is 1.89. The topological polar surface area (TPSA) is 44.8 Å². The quantitative estimate of drug-likeness (QED) is 0.713. The Labute approximate surface area is 161 Å². The van der Waals surface area contributed by atoms with Crippen LogP contribution in [0, 0.1) is 0 Å². The predicted octanol–water partition coefficient (Wildman–Crippen LogP) is 4.14. The summed E-state index contributed by atoms with van der Waals surface area (Å²) in [6, 6.07) is 16.2. The molecule has 1 heterocycles. The van der Waals surface area contributed by atoms with Gasteiger partial charge in [0.05, 0.1) is 5.56 Å². The number of benzene rings is 2. The van der Waals surface area contributed by atoms with Crippen molar-refractivity contribution in [1.29, 1.82) is 0 Å². The Kier molecular flexibility index (Phi) is 6.35. The maximum atomic E-state index is 13.1. The van der Waals surface area contributed by atoms with Gasteiger partial charge >= 0.3 is 0 Å². The summed E-state index contributed by atoms with van der Waals surface area (Å²) in [4.78, 5) is 17.3. The lowest BCUT2D eigenvalue weighted by molar-refractivity contribution is 0.0660. The van der Waals surface area contributed by atoms with Crippen molar-refractivity contribution in [2.45, 2.75) is 26.4 Å². The predicted molar refractivity (Wildman–Crippen MR) is 110 cm³/mol. The zero-order chi connectivity index (χ0) is 19.2. The minimum absolute atomic E-state index is 0.0678. The molecule has 27 heavy (non-hydrogen) atoms. The van der Waals surface area contributed by atoms with E-state index in [0.29, 0.717) is 13.2 Å². The lowest BCUT2D eigenvalue weighted by Gasteiger charge is -2.38. The first-order valence-electron chi connectivity index (χ1n) is 9.70. The zero-order valence-corrected chi connectivity index (χ0v) is 16.4. The lowest BCUT2D eigenvalue weighted by atomic mass is 10.0. The van der Waals surface area contributed by atoms with Crippen LogP contribution in [0.25, 0.3) is 0 Å². The number of ether oxygens (including phenoxy) is 1. The Morgan fingerprint density at radius 3 is 2.44 bits per heavy atom. The van der Waals surface area contributed by atoms with E-state index >= 15 is 0 Å². The third kappa shape index (κ3) is 4.08. The minimum atomic E-state index is -0.171. The molecular formula is C22H29N3O2. The second kappa shape index (κ2) is 8.91. The van der Waals surface area contributed by atoms with Gasteiger partial charge in [0.15, 0.2) is 0 Å². The van der Waals surface area contributed by atoms with E-state index in [0.717, 1.165) is 36.3 Å².